The van der Waals surface area contributed by atoms with E-state index in [9.17, 15) is 21.0 Å². The summed E-state index contributed by atoms with van der Waals surface area (Å²) >= 11 is 0. The molecule has 11 rings (SSSR count). The normalized spacial score (nSPS) is 10.8. The predicted molar refractivity (Wildman–Crippen MR) is 278 cm³/mol. The van der Waals surface area contributed by atoms with Crippen molar-refractivity contribution < 1.29 is 0 Å². The minimum atomic E-state index is 0.566. The topological polar surface area (TPSA) is 100 Å². The molecule has 11 aromatic rings. The maximum Gasteiger partial charge on any atom is 0.0998 e. The summed E-state index contributed by atoms with van der Waals surface area (Å²) in [6.45, 7) is 0. The summed E-state index contributed by atoms with van der Waals surface area (Å²) in [7, 11) is 0. The van der Waals surface area contributed by atoms with Crippen LogP contribution in [-0.4, -0.2) is 4.57 Å². The number of nitriles is 4. The Labute approximate surface area is 400 Å². The second-order valence-electron chi connectivity index (χ2n) is 16.9. The van der Waals surface area contributed by atoms with Crippen LogP contribution in [0.5, 0.6) is 0 Å². The van der Waals surface area contributed by atoms with E-state index in [1.54, 1.807) is 0 Å². The molecule has 0 saturated carbocycles. The number of aromatic nitrogens is 1. The van der Waals surface area contributed by atoms with Gasteiger partial charge in [0.2, 0.25) is 0 Å². The van der Waals surface area contributed by atoms with E-state index in [2.05, 4.69) is 150 Å². The number of nitrogens with zero attached hydrogens (tertiary/aromatic N) is 5. The summed E-state index contributed by atoms with van der Waals surface area (Å²) < 4.78 is 2.35. The van der Waals surface area contributed by atoms with Gasteiger partial charge in [-0.05, 0) is 163 Å². The van der Waals surface area contributed by atoms with Crippen molar-refractivity contribution in [2.75, 3.05) is 0 Å². The maximum atomic E-state index is 10.2. The van der Waals surface area contributed by atoms with Crippen molar-refractivity contribution >= 4 is 21.8 Å². The van der Waals surface area contributed by atoms with Crippen LogP contribution in [0, 0.1) is 45.3 Å². The Hall–Kier alpha value is -10.0. The Morgan fingerprint density at radius 2 is 0.565 bits per heavy atom. The Morgan fingerprint density at radius 3 is 0.942 bits per heavy atom. The first-order valence-electron chi connectivity index (χ1n) is 22.6. The van der Waals surface area contributed by atoms with Crippen molar-refractivity contribution in [3.8, 4) is 108 Å². The first-order chi connectivity index (χ1) is 34.0. The lowest BCUT2D eigenvalue weighted by molar-refractivity contribution is 1.18. The number of para-hydroxylation sites is 1. The fourth-order valence-corrected chi connectivity index (χ4v) is 9.71. The lowest BCUT2D eigenvalue weighted by atomic mass is 9.89. The van der Waals surface area contributed by atoms with E-state index in [1.807, 2.05) is 103 Å². The van der Waals surface area contributed by atoms with Crippen LogP contribution in [0.2, 0.25) is 0 Å². The summed E-state index contributed by atoms with van der Waals surface area (Å²) in [5.74, 6) is 0. The molecule has 0 aliphatic rings. The third-order valence-electron chi connectivity index (χ3n) is 13.0. The van der Waals surface area contributed by atoms with Gasteiger partial charge in [0, 0.05) is 16.3 Å². The summed E-state index contributed by atoms with van der Waals surface area (Å²) in [5.41, 5.74) is 18.1. The monoisotopic (exact) mass is 875 g/mol. The zero-order chi connectivity index (χ0) is 46.8. The lowest BCUT2D eigenvalue weighted by Crippen LogP contribution is -1.97. The van der Waals surface area contributed by atoms with Crippen molar-refractivity contribution in [3.63, 3.8) is 0 Å². The Balaban J connectivity index is 1.18. The molecule has 0 aliphatic carbocycles. The summed E-state index contributed by atoms with van der Waals surface area (Å²) in [6, 6.07) is 84.9. The first kappa shape index (κ1) is 41.7. The van der Waals surface area contributed by atoms with E-state index in [1.165, 1.54) is 0 Å². The molecule has 0 N–H and O–H groups in total. The third kappa shape index (κ3) is 7.56. The van der Waals surface area contributed by atoms with Gasteiger partial charge in [-0.15, -0.1) is 0 Å². The molecule has 5 heteroatoms. The van der Waals surface area contributed by atoms with Crippen molar-refractivity contribution in [1.29, 1.82) is 21.0 Å². The maximum absolute atomic E-state index is 10.2. The van der Waals surface area contributed by atoms with Crippen molar-refractivity contribution in [3.05, 3.63) is 247 Å². The highest BCUT2D eigenvalue weighted by atomic mass is 15.0. The van der Waals surface area contributed by atoms with Crippen LogP contribution in [0.3, 0.4) is 0 Å². The molecule has 1 heterocycles. The second-order valence-corrected chi connectivity index (χ2v) is 16.9. The van der Waals surface area contributed by atoms with E-state index in [4.69, 9.17) is 0 Å². The summed E-state index contributed by atoms with van der Waals surface area (Å²) in [6.07, 6.45) is 0. The Bertz CT molecular complexity index is 3650. The minimum Gasteiger partial charge on any atom is -0.309 e. The molecule has 69 heavy (non-hydrogen) atoms. The molecule has 5 nitrogen and oxygen atoms in total. The highest BCUT2D eigenvalue weighted by Crippen LogP contribution is 2.43. The van der Waals surface area contributed by atoms with Gasteiger partial charge in [0.05, 0.1) is 63.3 Å². The molecule has 10 aromatic carbocycles. The molecule has 0 saturated heterocycles. The van der Waals surface area contributed by atoms with Crippen molar-refractivity contribution in [2.45, 2.75) is 0 Å². The van der Waals surface area contributed by atoms with Gasteiger partial charge in [0.15, 0.2) is 0 Å². The van der Waals surface area contributed by atoms with Crippen molar-refractivity contribution in [2.24, 2.45) is 0 Å². The highest BCUT2D eigenvalue weighted by molar-refractivity contribution is 6.12. The molecule has 0 bridgehead atoms. The molecular weight excluding hydrogens is 839 g/mol. The molecule has 0 atom stereocenters. The van der Waals surface area contributed by atoms with Gasteiger partial charge < -0.3 is 4.57 Å². The zero-order valence-electron chi connectivity index (χ0n) is 37.1. The number of benzene rings is 10. The molecule has 0 radical (unpaired) electrons. The molecule has 318 valence electrons. The van der Waals surface area contributed by atoms with Crippen molar-refractivity contribution in [1.82, 2.24) is 4.57 Å². The minimum absolute atomic E-state index is 0.566. The predicted octanol–water partition coefficient (Wildman–Crippen LogP) is 15.9. The number of fused-ring (bicyclic) bond motifs is 3. The largest absolute Gasteiger partial charge is 0.309 e. The molecule has 0 amide bonds. The van der Waals surface area contributed by atoms with E-state index < -0.39 is 0 Å². The molecule has 1 aromatic heterocycles. The molecule has 0 fully saturated rings. The van der Waals surface area contributed by atoms with Gasteiger partial charge in [0.1, 0.15) is 0 Å². The van der Waals surface area contributed by atoms with Crippen LogP contribution >= 0.6 is 0 Å². The number of hydrogen-bond acceptors (Lipinski definition) is 4. The fourth-order valence-electron chi connectivity index (χ4n) is 9.71. The summed E-state index contributed by atoms with van der Waals surface area (Å²) in [5, 5.41) is 43.0. The van der Waals surface area contributed by atoms with E-state index in [0.717, 1.165) is 105 Å². The van der Waals surface area contributed by atoms with Crippen LogP contribution < -0.4 is 0 Å². The SMILES string of the molecule is N#Cc1ccccc1-c1cc(-c2ccc3c(c2)c2cc(-c4cc(-c5ccccc5C#N)cc(-c5ccccc5C#N)c4)ccc2n3-c2ccccc2-c2ccccc2)cc(-c2ccccc2C#N)c1. The summed E-state index contributed by atoms with van der Waals surface area (Å²) in [4.78, 5) is 0. The van der Waals surface area contributed by atoms with Gasteiger partial charge >= 0.3 is 0 Å². The van der Waals surface area contributed by atoms with E-state index in [0.29, 0.717) is 22.3 Å². The van der Waals surface area contributed by atoms with E-state index >= 15 is 0 Å². The van der Waals surface area contributed by atoms with Gasteiger partial charge in [0.25, 0.3) is 0 Å². The van der Waals surface area contributed by atoms with Crippen LogP contribution in [0.1, 0.15) is 22.3 Å². The zero-order valence-corrected chi connectivity index (χ0v) is 37.1. The molecule has 0 aliphatic heterocycles. The average molecular weight is 876 g/mol. The van der Waals surface area contributed by atoms with E-state index in [-0.39, 0.29) is 0 Å². The smallest absolute Gasteiger partial charge is 0.0998 e. The molecular formula is C64H37N5. The van der Waals surface area contributed by atoms with Gasteiger partial charge in [-0.2, -0.15) is 21.0 Å². The quantitative estimate of drug-likeness (QED) is 0.152. The molecule has 0 unspecified atom stereocenters. The third-order valence-corrected chi connectivity index (χ3v) is 13.0. The first-order valence-corrected chi connectivity index (χ1v) is 22.6. The van der Waals surface area contributed by atoms with Crippen LogP contribution in [0.25, 0.3) is 105 Å². The van der Waals surface area contributed by atoms with Gasteiger partial charge in [-0.25, -0.2) is 0 Å². The van der Waals surface area contributed by atoms with Gasteiger partial charge in [-0.3, -0.25) is 0 Å². The second kappa shape index (κ2) is 17.7. The van der Waals surface area contributed by atoms with Crippen LogP contribution in [-0.2, 0) is 0 Å². The fraction of sp³-hybridized carbons (Fsp3) is 0. The molecule has 0 spiro atoms. The van der Waals surface area contributed by atoms with Crippen LogP contribution in [0.4, 0.5) is 0 Å². The lowest BCUT2D eigenvalue weighted by Gasteiger charge is -2.15. The Morgan fingerprint density at radius 1 is 0.246 bits per heavy atom. The average Bonchev–Trinajstić information content (AvgIpc) is 3.75. The van der Waals surface area contributed by atoms with Gasteiger partial charge in [-0.1, -0.05) is 133 Å². The highest BCUT2D eigenvalue weighted by Gasteiger charge is 2.20. The number of rotatable bonds is 8. The number of hydrogen-bond donors (Lipinski definition) is 0. The van der Waals surface area contributed by atoms with Crippen LogP contribution in [0.15, 0.2) is 224 Å². The standard InChI is InChI=1S/C64H37N5/c65-38-45-16-4-8-20-55(45)51-30-49(31-52(34-51)56-21-9-5-17-46(56)39-66)43-26-28-63-60(36-43)61-37-44(27-29-64(61)69(63)62-25-13-12-24-59(62)42-14-2-1-3-15-42)50-32-53(57-22-10-6-18-47(57)40-67)35-54(33-50)58-23-11-7-19-48(58)41-68/h1-37H. The Kier molecular flexibility index (Phi) is 10.7.